The molecule has 1 heterocycles. The number of primary amides is 1. The number of hydrogen-bond acceptors (Lipinski definition) is 4. The van der Waals surface area contributed by atoms with Crippen molar-refractivity contribution in [3.63, 3.8) is 0 Å². The molecule has 124 valence electrons. The highest BCUT2D eigenvalue weighted by molar-refractivity contribution is 5.84. The standard InChI is InChI=1S/C16H33N3O2/c1-7-14-10-21-13(5)9-19(14)12(4)8-16(6,15(17)20)18-11(2)3/h11-14,18H,7-10H2,1-6H3,(H2,17,20). The van der Waals surface area contributed by atoms with Crippen LogP contribution >= 0.6 is 0 Å². The zero-order valence-electron chi connectivity index (χ0n) is 14.5. The molecule has 4 unspecified atom stereocenters. The van der Waals surface area contributed by atoms with E-state index in [9.17, 15) is 4.79 Å². The fourth-order valence-corrected chi connectivity index (χ4v) is 3.34. The van der Waals surface area contributed by atoms with E-state index in [1.54, 1.807) is 0 Å². The minimum atomic E-state index is -0.673. The van der Waals surface area contributed by atoms with Gasteiger partial charge in [0.05, 0.1) is 18.2 Å². The van der Waals surface area contributed by atoms with Crippen LogP contribution in [0.1, 0.15) is 54.4 Å². The third-order valence-corrected chi connectivity index (χ3v) is 4.40. The van der Waals surface area contributed by atoms with Crippen molar-refractivity contribution in [2.24, 2.45) is 5.73 Å². The van der Waals surface area contributed by atoms with Crippen LogP contribution < -0.4 is 11.1 Å². The number of carbonyl (C=O) groups excluding carboxylic acids is 1. The summed E-state index contributed by atoms with van der Waals surface area (Å²) in [6.07, 6.45) is 2.01. The Labute approximate surface area is 129 Å². The maximum atomic E-state index is 11.9. The Balaban J connectivity index is 2.79. The molecule has 1 rings (SSSR count). The van der Waals surface area contributed by atoms with Gasteiger partial charge < -0.3 is 15.8 Å². The number of nitrogens with two attached hydrogens (primary N) is 1. The topological polar surface area (TPSA) is 67.6 Å². The Morgan fingerprint density at radius 1 is 1.48 bits per heavy atom. The zero-order valence-corrected chi connectivity index (χ0v) is 14.5. The average Bonchev–Trinajstić information content (AvgIpc) is 2.37. The summed E-state index contributed by atoms with van der Waals surface area (Å²) in [7, 11) is 0. The molecule has 21 heavy (non-hydrogen) atoms. The lowest BCUT2D eigenvalue weighted by Crippen LogP contribution is -2.60. The van der Waals surface area contributed by atoms with E-state index in [2.05, 4.69) is 31.0 Å². The molecule has 1 saturated heterocycles. The summed E-state index contributed by atoms with van der Waals surface area (Å²) in [5.41, 5.74) is 4.97. The van der Waals surface area contributed by atoms with Crippen molar-refractivity contribution in [1.82, 2.24) is 10.2 Å². The van der Waals surface area contributed by atoms with Crippen molar-refractivity contribution in [3.8, 4) is 0 Å². The second-order valence-corrected chi connectivity index (χ2v) is 6.95. The molecule has 0 bridgehead atoms. The van der Waals surface area contributed by atoms with E-state index in [1.807, 2.05) is 20.8 Å². The van der Waals surface area contributed by atoms with Crippen LogP contribution in [0, 0.1) is 0 Å². The van der Waals surface area contributed by atoms with Gasteiger partial charge in [0.2, 0.25) is 5.91 Å². The Kier molecular flexibility index (Phi) is 6.63. The van der Waals surface area contributed by atoms with E-state index in [4.69, 9.17) is 10.5 Å². The van der Waals surface area contributed by atoms with Gasteiger partial charge in [0.15, 0.2) is 0 Å². The van der Waals surface area contributed by atoms with Crippen LogP contribution in [0.3, 0.4) is 0 Å². The molecule has 0 spiro atoms. The minimum absolute atomic E-state index is 0.222. The first-order chi connectivity index (χ1) is 9.69. The second kappa shape index (κ2) is 7.56. The number of carbonyl (C=O) groups is 1. The average molecular weight is 299 g/mol. The van der Waals surface area contributed by atoms with E-state index >= 15 is 0 Å². The lowest BCUT2D eigenvalue weighted by molar-refractivity contribution is -0.126. The van der Waals surface area contributed by atoms with E-state index < -0.39 is 5.54 Å². The van der Waals surface area contributed by atoms with E-state index in [0.29, 0.717) is 12.5 Å². The van der Waals surface area contributed by atoms with Gasteiger partial charge in [0.1, 0.15) is 0 Å². The summed E-state index contributed by atoms with van der Waals surface area (Å²) in [6, 6.07) is 0.928. The molecular weight excluding hydrogens is 266 g/mol. The largest absolute Gasteiger partial charge is 0.376 e. The van der Waals surface area contributed by atoms with Gasteiger partial charge in [-0.25, -0.2) is 0 Å². The molecule has 1 fully saturated rings. The van der Waals surface area contributed by atoms with Gasteiger partial charge in [-0.15, -0.1) is 0 Å². The Bertz CT molecular complexity index is 348. The molecule has 0 aromatic heterocycles. The number of nitrogens with one attached hydrogen (secondary N) is 1. The SMILES string of the molecule is CCC1COC(C)CN1C(C)CC(C)(NC(C)C)C(N)=O. The monoisotopic (exact) mass is 299 g/mol. The van der Waals surface area contributed by atoms with Crippen LogP contribution in [0.2, 0.25) is 0 Å². The van der Waals surface area contributed by atoms with Crippen LogP contribution in [0.5, 0.6) is 0 Å². The highest BCUT2D eigenvalue weighted by Crippen LogP contribution is 2.23. The van der Waals surface area contributed by atoms with Gasteiger partial charge in [-0.1, -0.05) is 6.92 Å². The van der Waals surface area contributed by atoms with Crippen molar-refractivity contribution in [1.29, 1.82) is 0 Å². The molecule has 4 atom stereocenters. The minimum Gasteiger partial charge on any atom is -0.376 e. The molecule has 0 saturated carbocycles. The van der Waals surface area contributed by atoms with Crippen molar-refractivity contribution >= 4 is 5.91 Å². The maximum absolute atomic E-state index is 11.9. The number of amides is 1. The fraction of sp³-hybridized carbons (Fsp3) is 0.938. The number of nitrogens with zero attached hydrogens (tertiary/aromatic N) is 1. The van der Waals surface area contributed by atoms with Crippen molar-refractivity contribution < 1.29 is 9.53 Å². The smallest absolute Gasteiger partial charge is 0.237 e. The van der Waals surface area contributed by atoms with Crippen molar-refractivity contribution in [2.45, 2.75) is 84.2 Å². The number of ether oxygens (including phenoxy) is 1. The van der Waals surface area contributed by atoms with E-state index in [1.165, 1.54) is 0 Å². The van der Waals surface area contributed by atoms with Crippen LogP contribution in [0.25, 0.3) is 0 Å². The molecule has 0 aliphatic carbocycles. The molecular formula is C16H33N3O2. The number of morpholine rings is 1. The van der Waals surface area contributed by atoms with Gasteiger partial charge in [-0.2, -0.15) is 0 Å². The first-order valence-electron chi connectivity index (χ1n) is 8.14. The van der Waals surface area contributed by atoms with Crippen LogP contribution in [-0.2, 0) is 9.53 Å². The van der Waals surface area contributed by atoms with Crippen molar-refractivity contribution in [2.75, 3.05) is 13.2 Å². The Morgan fingerprint density at radius 2 is 2.10 bits per heavy atom. The predicted molar refractivity (Wildman–Crippen MR) is 86.1 cm³/mol. The summed E-state index contributed by atoms with van der Waals surface area (Å²) in [5.74, 6) is -0.280. The van der Waals surface area contributed by atoms with E-state index in [-0.39, 0.29) is 24.1 Å². The highest BCUT2D eigenvalue weighted by atomic mass is 16.5. The van der Waals surface area contributed by atoms with Crippen LogP contribution in [-0.4, -0.2) is 53.7 Å². The summed E-state index contributed by atoms with van der Waals surface area (Å²) in [5, 5.41) is 3.34. The fourth-order valence-electron chi connectivity index (χ4n) is 3.34. The van der Waals surface area contributed by atoms with Gasteiger partial charge in [-0.3, -0.25) is 9.69 Å². The first-order valence-corrected chi connectivity index (χ1v) is 8.14. The van der Waals surface area contributed by atoms with Gasteiger partial charge in [-0.05, 0) is 47.5 Å². The van der Waals surface area contributed by atoms with E-state index in [0.717, 1.165) is 19.6 Å². The lowest BCUT2D eigenvalue weighted by atomic mass is 9.90. The Morgan fingerprint density at radius 3 is 2.57 bits per heavy atom. The maximum Gasteiger partial charge on any atom is 0.237 e. The molecule has 0 radical (unpaired) electrons. The summed E-state index contributed by atoms with van der Waals surface area (Å²) in [6.45, 7) is 14.1. The first kappa shape index (κ1) is 18.4. The molecule has 1 aliphatic rings. The summed E-state index contributed by atoms with van der Waals surface area (Å²) >= 11 is 0. The summed E-state index contributed by atoms with van der Waals surface area (Å²) < 4.78 is 5.75. The molecule has 5 nitrogen and oxygen atoms in total. The number of rotatable bonds is 7. The normalized spacial score (nSPS) is 28.3. The van der Waals surface area contributed by atoms with Gasteiger partial charge in [0, 0.05) is 24.7 Å². The molecule has 1 amide bonds. The molecule has 0 aromatic rings. The summed E-state index contributed by atoms with van der Waals surface area (Å²) in [4.78, 5) is 14.4. The van der Waals surface area contributed by atoms with Crippen LogP contribution in [0.4, 0.5) is 0 Å². The molecule has 1 aliphatic heterocycles. The van der Waals surface area contributed by atoms with Crippen molar-refractivity contribution in [3.05, 3.63) is 0 Å². The van der Waals surface area contributed by atoms with Gasteiger partial charge >= 0.3 is 0 Å². The van der Waals surface area contributed by atoms with Crippen LogP contribution in [0.15, 0.2) is 0 Å². The zero-order chi connectivity index (χ0) is 16.2. The molecule has 0 aromatic carbocycles. The lowest BCUT2D eigenvalue weighted by Gasteiger charge is -2.44. The predicted octanol–water partition coefficient (Wildman–Crippen LogP) is 1.51. The number of hydrogen-bond donors (Lipinski definition) is 2. The molecule has 5 heteroatoms. The Hall–Kier alpha value is -0.650. The second-order valence-electron chi connectivity index (χ2n) is 6.95. The quantitative estimate of drug-likeness (QED) is 0.748. The highest BCUT2D eigenvalue weighted by Gasteiger charge is 2.37. The third-order valence-electron chi connectivity index (χ3n) is 4.40. The third kappa shape index (κ3) is 4.94. The van der Waals surface area contributed by atoms with Gasteiger partial charge in [0.25, 0.3) is 0 Å². The molecule has 3 N–H and O–H groups in total.